The number of nitrogens with zero attached hydrogens (tertiary/aromatic N) is 1. The Kier molecular flexibility index (Phi) is 4.02. The van der Waals surface area contributed by atoms with Crippen molar-refractivity contribution < 1.29 is 14.3 Å². The van der Waals surface area contributed by atoms with Gasteiger partial charge in [0.25, 0.3) is 5.91 Å². The molecule has 1 aromatic carbocycles. The number of likely N-dealkylation sites (N-methyl/N-ethyl adjacent to an activating group) is 1. The summed E-state index contributed by atoms with van der Waals surface area (Å²) in [5, 5.41) is 2.61. The van der Waals surface area contributed by atoms with Gasteiger partial charge in [-0.05, 0) is 43.0 Å². The summed E-state index contributed by atoms with van der Waals surface area (Å²) in [6.45, 7) is 1.13. The molecule has 3 rings (SSSR count). The lowest BCUT2D eigenvalue weighted by Crippen LogP contribution is -2.45. The zero-order valence-corrected chi connectivity index (χ0v) is 12.7. The number of nitrogens with two attached hydrogens (primary N) is 1. The van der Waals surface area contributed by atoms with Crippen LogP contribution in [0.15, 0.2) is 18.2 Å². The van der Waals surface area contributed by atoms with Crippen molar-refractivity contribution in [1.29, 1.82) is 0 Å². The second kappa shape index (κ2) is 5.96. The van der Waals surface area contributed by atoms with E-state index in [0.29, 0.717) is 18.5 Å². The van der Waals surface area contributed by atoms with E-state index in [4.69, 9.17) is 10.5 Å². The van der Waals surface area contributed by atoms with Gasteiger partial charge >= 0.3 is 0 Å². The first-order chi connectivity index (χ1) is 10.6. The SMILES string of the molecule is CNC(=O)[C@@H]1C[C@@H](N)CN1C(=O)c1ccc2c(c1)CCCO2. The van der Waals surface area contributed by atoms with E-state index in [1.165, 1.54) is 0 Å². The molecule has 1 fully saturated rings. The fourth-order valence-electron chi connectivity index (χ4n) is 3.17. The quantitative estimate of drug-likeness (QED) is 0.823. The van der Waals surface area contributed by atoms with Gasteiger partial charge < -0.3 is 20.7 Å². The highest BCUT2D eigenvalue weighted by Gasteiger charge is 2.38. The summed E-state index contributed by atoms with van der Waals surface area (Å²) in [5.41, 5.74) is 7.58. The van der Waals surface area contributed by atoms with Gasteiger partial charge in [-0.15, -0.1) is 0 Å². The highest BCUT2D eigenvalue weighted by molar-refractivity contribution is 5.98. The minimum Gasteiger partial charge on any atom is -0.493 e. The highest BCUT2D eigenvalue weighted by atomic mass is 16.5. The van der Waals surface area contributed by atoms with E-state index in [9.17, 15) is 9.59 Å². The maximum Gasteiger partial charge on any atom is 0.254 e. The second-order valence-corrected chi connectivity index (χ2v) is 5.86. The molecule has 2 amide bonds. The first-order valence-electron chi connectivity index (χ1n) is 7.64. The van der Waals surface area contributed by atoms with Gasteiger partial charge in [-0.1, -0.05) is 0 Å². The van der Waals surface area contributed by atoms with Gasteiger partial charge in [0, 0.05) is 25.2 Å². The van der Waals surface area contributed by atoms with Crippen molar-refractivity contribution in [2.45, 2.75) is 31.3 Å². The van der Waals surface area contributed by atoms with E-state index in [-0.39, 0.29) is 17.9 Å². The molecular formula is C16H21N3O3. The first-order valence-corrected chi connectivity index (χ1v) is 7.64. The zero-order valence-electron chi connectivity index (χ0n) is 12.7. The van der Waals surface area contributed by atoms with Crippen LogP contribution in [0.5, 0.6) is 5.75 Å². The molecule has 0 saturated carbocycles. The maximum absolute atomic E-state index is 12.8. The molecule has 0 spiro atoms. The number of hydrogen-bond donors (Lipinski definition) is 2. The van der Waals surface area contributed by atoms with Crippen molar-refractivity contribution in [2.24, 2.45) is 5.73 Å². The Morgan fingerprint density at radius 2 is 2.23 bits per heavy atom. The van der Waals surface area contributed by atoms with Crippen LogP contribution in [-0.4, -0.2) is 49.0 Å². The Morgan fingerprint density at radius 3 is 3.00 bits per heavy atom. The monoisotopic (exact) mass is 303 g/mol. The van der Waals surface area contributed by atoms with Gasteiger partial charge in [0.2, 0.25) is 5.91 Å². The number of benzene rings is 1. The number of nitrogens with one attached hydrogen (secondary N) is 1. The number of ether oxygens (including phenoxy) is 1. The van der Waals surface area contributed by atoms with E-state index in [1.54, 1.807) is 18.0 Å². The number of rotatable bonds is 2. The molecule has 0 unspecified atom stereocenters. The normalized spacial score (nSPS) is 23.6. The zero-order chi connectivity index (χ0) is 15.7. The smallest absolute Gasteiger partial charge is 0.254 e. The Bertz CT molecular complexity index is 602. The molecular weight excluding hydrogens is 282 g/mol. The molecule has 0 radical (unpaired) electrons. The molecule has 22 heavy (non-hydrogen) atoms. The van der Waals surface area contributed by atoms with Gasteiger partial charge in [-0.3, -0.25) is 9.59 Å². The lowest BCUT2D eigenvalue weighted by Gasteiger charge is -2.24. The topological polar surface area (TPSA) is 84.7 Å². The molecule has 0 aromatic heterocycles. The van der Waals surface area contributed by atoms with Crippen LogP contribution >= 0.6 is 0 Å². The van der Waals surface area contributed by atoms with Crippen LogP contribution in [0.2, 0.25) is 0 Å². The molecule has 2 aliphatic heterocycles. The molecule has 2 heterocycles. The maximum atomic E-state index is 12.8. The predicted molar refractivity (Wildman–Crippen MR) is 81.7 cm³/mol. The number of carbonyl (C=O) groups excluding carboxylic acids is 2. The average molecular weight is 303 g/mol. The average Bonchev–Trinajstić information content (AvgIpc) is 2.94. The lowest BCUT2D eigenvalue weighted by atomic mass is 10.0. The van der Waals surface area contributed by atoms with Crippen molar-refractivity contribution in [3.8, 4) is 5.75 Å². The Labute approximate surface area is 129 Å². The largest absolute Gasteiger partial charge is 0.493 e. The number of likely N-dealkylation sites (tertiary alicyclic amines) is 1. The van der Waals surface area contributed by atoms with Crippen molar-refractivity contribution in [2.75, 3.05) is 20.2 Å². The van der Waals surface area contributed by atoms with Gasteiger partial charge in [0.1, 0.15) is 11.8 Å². The number of fused-ring (bicyclic) bond motifs is 1. The molecule has 1 saturated heterocycles. The third-order valence-corrected chi connectivity index (χ3v) is 4.30. The third-order valence-electron chi connectivity index (χ3n) is 4.30. The van der Waals surface area contributed by atoms with E-state index in [1.807, 2.05) is 12.1 Å². The molecule has 0 bridgehead atoms. The number of hydrogen-bond acceptors (Lipinski definition) is 4. The van der Waals surface area contributed by atoms with Gasteiger partial charge in [-0.2, -0.15) is 0 Å². The molecule has 6 heteroatoms. The number of aryl methyl sites for hydroxylation is 1. The summed E-state index contributed by atoms with van der Waals surface area (Å²) in [6, 6.07) is 4.83. The van der Waals surface area contributed by atoms with Gasteiger partial charge in [0.05, 0.1) is 6.61 Å². The first kappa shape index (κ1) is 14.8. The van der Waals surface area contributed by atoms with Crippen molar-refractivity contribution in [3.05, 3.63) is 29.3 Å². The van der Waals surface area contributed by atoms with Crippen molar-refractivity contribution in [3.63, 3.8) is 0 Å². The van der Waals surface area contributed by atoms with Crippen molar-refractivity contribution >= 4 is 11.8 Å². The van der Waals surface area contributed by atoms with E-state index in [2.05, 4.69) is 5.32 Å². The summed E-state index contributed by atoms with van der Waals surface area (Å²) < 4.78 is 5.57. The molecule has 2 aliphatic rings. The highest BCUT2D eigenvalue weighted by Crippen LogP contribution is 2.27. The fourth-order valence-corrected chi connectivity index (χ4v) is 3.17. The van der Waals surface area contributed by atoms with E-state index < -0.39 is 6.04 Å². The molecule has 3 N–H and O–H groups in total. The van der Waals surface area contributed by atoms with Gasteiger partial charge in [0.15, 0.2) is 0 Å². The van der Waals surface area contributed by atoms with Crippen LogP contribution in [0, 0.1) is 0 Å². The minimum atomic E-state index is -0.486. The van der Waals surface area contributed by atoms with E-state index >= 15 is 0 Å². The van der Waals surface area contributed by atoms with Gasteiger partial charge in [-0.25, -0.2) is 0 Å². The fraction of sp³-hybridized carbons (Fsp3) is 0.500. The van der Waals surface area contributed by atoms with Crippen LogP contribution in [0.25, 0.3) is 0 Å². The number of amides is 2. The summed E-state index contributed by atoms with van der Waals surface area (Å²) in [6.07, 6.45) is 2.37. The third kappa shape index (κ3) is 2.66. The lowest BCUT2D eigenvalue weighted by molar-refractivity contribution is -0.124. The molecule has 118 valence electrons. The molecule has 6 nitrogen and oxygen atoms in total. The summed E-state index contributed by atoms with van der Waals surface area (Å²) >= 11 is 0. The summed E-state index contributed by atoms with van der Waals surface area (Å²) in [4.78, 5) is 26.3. The van der Waals surface area contributed by atoms with Crippen molar-refractivity contribution in [1.82, 2.24) is 10.2 Å². The Morgan fingerprint density at radius 1 is 1.41 bits per heavy atom. The number of carbonyl (C=O) groups is 2. The van der Waals surface area contributed by atoms with Crippen LogP contribution in [0.1, 0.15) is 28.8 Å². The minimum absolute atomic E-state index is 0.144. The predicted octanol–water partition coefficient (Wildman–Crippen LogP) is 0.299. The molecule has 0 aliphatic carbocycles. The van der Waals surface area contributed by atoms with Crippen LogP contribution in [0.4, 0.5) is 0 Å². The van der Waals surface area contributed by atoms with Crippen LogP contribution < -0.4 is 15.8 Å². The van der Waals surface area contributed by atoms with E-state index in [0.717, 1.165) is 30.8 Å². The van der Waals surface area contributed by atoms with Crippen LogP contribution in [0.3, 0.4) is 0 Å². The Balaban J connectivity index is 1.85. The van der Waals surface area contributed by atoms with Crippen LogP contribution in [-0.2, 0) is 11.2 Å². The Hall–Kier alpha value is -2.08. The summed E-state index contributed by atoms with van der Waals surface area (Å²) in [7, 11) is 1.57. The molecule has 1 aromatic rings. The summed E-state index contributed by atoms with van der Waals surface area (Å²) in [5.74, 6) is 0.543. The second-order valence-electron chi connectivity index (χ2n) is 5.86. The standard InChI is InChI=1S/C16H21N3O3/c1-18-15(20)13-8-12(17)9-19(13)16(21)11-4-5-14-10(7-11)3-2-6-22-14/h4-5,7,12-13H,2-3,6,8-9,17H2,1H3,(H,18,20)/t12-,13+/m1/s1. The molecule has 2 atom stereocenters.